The number of nitrogens with one attached hydrogen (secondary N) is 2. The van der Waals surface area contributed by atoms with Gasteiger partial charge < -0.3 is 14.6 Å². The minimum Gasteiger partial charge on any atom is -0.460 e. The van der Waals surface area contributed by atoms with Crippen LogP contribution < -0.4 is 5.32 Å². The average molecular weight is 418 g/mol. The van der Waals surface area contributed by atoms with Gasteiger partial charge in [0.1, 0.15) is 11.4 Å². The lowest BCUT2D eigenvalue weighted by Gasteiger charge is -2.23. The number of carbonyl (C=O) groups is 1. The van der Waals surface area contributed by atoms with Gasteiger partial charge in [0.15, 0.2) is 5.82 Å². The number of nitrogens with zero attached hydrogens (tertiary/aromatic N) is 3. The number of hydrogen-bond donors (Lipinski definition) is 2. The first-order valence-electron chi connectivity index (χ1n) is 11.2. The maximum atomic E-state index is 12.5. The number of aromatic nitrogens is 4. The summed E-state index contributed by atoms with van der Waals surface area (Å²) in [5, 5.41) is 14.0. The molecule has 0 aromatic carbocycles. The second kappa shape index (κ2) is 10.6. The number of anilines is 1. The Labute approximate surface area is 178 Å². The molecule has 1 unspecified atom stereocenters. The predicted octanol–water partition coefficient (Wildman–Crippen LogP) is 4.97. The lowest BCUT2D eigenvalue weighted by Crippen LogP contribution is -2.25. The largest absolute Gasteiger partial charge is 0.460 e. The predicted molar refractivity (Wildman–Crippen MR) is 114 cm³/mol. The fourth-order valence-corrected chi connectivity index (χ4v) is 4.06. The van der Waals surface area contributed by atoms with Crippen LogP contribution >= 0.6 is 0 Å². The summed E-state index contributed by atoms with van der Waals surface area (Å²) >= 11 is 0. The van der Waals surface area contributed by atoms with Crippen LogP contribution in [-0.4, -0.2) is 31.9 Å². The molecule has 166 valence electrons. The Morgan fingerprint density at radius 1 is 1.33 bits per heavy atom. The van der Waals surface area contributed by atoms with Crippen LogP contribution in [0.4, 0.5) is 5.82 Å². The number of rotatable bonds is 10. The molecule has 1 saturated carbocycles. The average Bonchev–Trinajstić information content (AvgIpc) is 3.37. The third kappa shape index (κ3) is 7.46. The van der Waals surface area contributed by atoms with Gasteiger partial charge in [-0.05, 0) is 39.2 Å². The van der Waals surface area contributed by atoms with Gasteiger partial charge in [0.05, 0.1) is 19.2 Å². The molecule has 0 radical (unpaired) electrons. The fraction of sp³-hybridized carbons (Fsp3) is 0.727. The van der Waals surface area contributed by atoms with E-state index in [-0.39, 0.29) is 18.3 Å². The van der Waals surface area contributed by atoms with E-state index in [1.807, 2.05) is 26.8 Å². The summed E-state index contributed by atoms with van der Waals surface area (Å²) in [4.78, 5) is 17.0. The molecular formula is C22H35N5O3. The Kier molecular flexibility index (Phi) is 7.87. The highest BCUT2D eigenvalue weighted by Crippen LogP contribution is 2.31. The molecule has 1 atom stereocenters. The highest BCUT2D eigenvalue weighted by Gasteiger charge is 2.26. The van der Waals surface area contributed by atoms with Gasteiger partial charge in [0, 0.05) is 5.92 Å². The van der Waals surface area contributed by atoms with Gasteiger partial charge in [-0.2, -0.15) is 10.1 Å². The molecule has 8 heteroatoms. The molecule has 1 aliphatic carbocycles. The van der Waals surface area contributed by atoms with Crippen molar-refractivity contribution in [2.24, 2.45) is 5.92 Å². The lowest BCUT2D eigenvalue weighted by atomic mass is 9.84. The van der Waals surface area contributed by atoms with Crippen molar-refractivity contribution in [3.63, 3.8) is 0 Å². The number of ether oxygens (including phenoxy) is 1. The Hall–Kier alpha value is -2.38. The lowest BCUT2D eigenvalue weighted by molar-refractivity contribution is -0.155. The van der Waals surface area contributed by atoms with Gasteiger partial charge in [-0.15, -0.1) is 0 Å². The van der Waals surface area contributed by atoms with E-state index in [4.69, 9.17) is 9.26 Å². The normalized spacial score (nSPS) is 16.4. The van der Waals surface area contributed by atoms with Gasteiger partial charge in [-0.1, -0.05) is 50.1 Å². The van der Waals surface area contributed by atoms with Crippen LogP contribution in [0.15, 0.2) is 16.8 Å². The summed E-state index contributed by atoms with van der Waals surface area (Å²) in [5.74, 6) is 2.35. The van der Waals surface area contributed by atoms with Gasteiger partial charge in [0.25, 0.3) is 0 Å². The molecule has 0 spiro atoms. The van der Waals surface area contributed by atoms with Crippen molar-refractivity contribution in [1.82, 2.24) is 20.3 Å². The van der Waals surface area contributed by atoms with Crippen molar-refractivity contribution in [3.8, 4) is 0 Å². The molecule has 0 saturated heterocycles. The van der Waals surface area contributed by atoms with Gasteiger partial charge in [-0.25, -0.2) is 0 Å². The molecular weight excluding hydrogens is 382 g/mol. The van der Waals surface area contributed by atoms with Gasteiger partial charge in [0.2, 0.25) is 5.89 Å². The molecule has 0 amide bonds. The Bertz CT molecular complexity index is 760. The third-order valence-corrected chi connectivity index (χ3v) is 5.49. The Morgan fingerprint density at radius 3 is 2.83 bits per heavy atom. The third-order valence-electron chi connectivity index (χ3n) is 5.49. The highest BCUT2D eigenvalue weighted by atomic mass is 16.6. The van der Waals surface area contributed by atoms with Crippen molar-refractivity contribution in [2.45, 2.75) is 96.6 Å². The molecule has 1 aliphatic rings. The first-order valence-corrected chi connectivity index (χ1v) is 11.2. The molecule has 0 bridgehead atoms. The molecule has 2 heterocycles. The zero-order valence-electron chi connectivity index (χ0n) is 18.4. The molecule has 0 aliphatic heterocycles. The van der Waals surface area contributed by atoms with Crippen LogP contribution in [0.1, 0.15) is 96.2 Å². The van der Waals surface area contributed by atoms with Crippen molar-refractivity contribution < 1.29 is 14.1 Å². The summed E-state index contributed by atoms with van der Waals surface area (Å²) < 4.78 is 11.1. The zero-order valence-corrected chi connectivity index (χ0v) is 18.4. The monoisotopic (exact) mass is 417 g/mol. The SMILES string of the molecule is CC(C)(C)OC(=O)CC(CCCC1CCCCC1)c1nc(CNc2ccn[nH]2)no1. The van der Waals surface area contributed by atoms with E-state index in [9.17, 15) is 4.79 Å². The maximum Gasteiger partial charge on any atom is 0.307 e. The quantitative estimate of drug-likeness (QED) is 0.526. The first kappa shape index (κ1) is 22.3. The van der Waals surface area contributed by atoms with Crippen LogP contribution in [0.3, 0.4) is 0 Å². The second-order valence-corrected chi connectivity index (χ2v) is 9.30. The molecule has 2 aromatic rings. The molecule has 2 N–H and O–H groups in total. The number of aromatic amines is 1. The van der Waals surface area contributed by atoms with Crippen molar-refractivity contribution in [3.05, 3.63) is 24.0 Å². The molecule has 1 fully saturated rings. The van der Waals surface area contributed by atoms with E-state index in [0.29, 0.717) is 18.3 Å². The van der Waals surface area contributed by atoms with Crippen LogP contribution in [0.2, 0.25) is 0 Å². The van der Waals surface area contributed by atoms with Gasteiger partial charge in [-0.3, -0.25) is 9.89 Å². The summed E-state index contributed by atoms with van der Waals surface area (Å²) in [7, 11) is 0. The van der Waals surface area contributed by atoms with Crippen LogP contribution in [0.5, 0.6) is 0 Å². The summed E-state index contributed by atoms with van der Waals surface area (Å²) in [6, 6.07) is 1.83. The molecule has 8 nitrogen and oxygen atoms in total. The summed E-state index contributed by atoms with van der Waals surface area (Å²) in [6.07, 6.45) is 11.8. The van der Waals surface area contributed by atoms with Crippen molar-refractivity contribution in [2.75, 3.05) is 5.32 Å². The first-order chi connectivity index (χ1) is 14.4. The minimum atomic E-state index is -0.502. The summed E-state index contributed by atoms with van der Waals surface area (Å²) in [5.41, 5.74) is -0.502. The van der Waals surface area contributed by atoms with E-state index in [2.05, 4.69) is 25.7 Å². The molecule has 3 rings (SSSR count). The van der Waals surface area contributed by atoms with E-state index in [0.717, 1.165) is 24.6 Å². The zero-order chi connectivity index (χ0) is 21.4. The smallest absolute Gasteiger partial charge is 0.307 e. The molecule has 30 heavy (non-hydrogen) atoms. The van der Waals surface area contributed by atoms with Crippen molar-refractivity contribution in [1.29, 1.82) is 0 Å². The Morgan fingerprint density at radius 2 is 2.13 bits per heavy atom. The summed E-state index contributed by atoms with van der Waals surface area (Å²) in [6.45, 7) is 6.08. The van der Waals surface area contributed by atoms with E-state index < -0.39 is 5.60 Å². The van der Waals surface area contributed by atoms with Crippen molar-refractivity contribution >= 4 is 11.8 Å². The minimum absolute atomic E-state index is 0.114. The van der Waals surface area contributed by atoms with Crippen LogP contribution in [-0.2, 0) is 16.1 Å². The van der Waals surface area contributed by atoms with Gasteiger partial charge >= 0.3 is 5.97 Å². The van der Waals surface area contributed by atoms with Crippen LogP contribution in [0, 0.1) is 5.92 Å². The number of carbonyl (C=O) groups excluding carboxylic acids is 1. The number of H-pyrrole nitrogens is 1. The van der Waals surface area contributed by atoms with E-state index >= 15 is 0 Å². The number of esters is 1. The Balaban J connectivity index is 1.58. The van der Waals surface area contributed by atoms with Crippen LogP contribution in [0.25, 0.3) is 0 Å². The highest BCUT2D eigenvalue weighted by molar-refractivity contribution is 5.70. The topological polar surface area (TPSA) is 106 Å². The van der Waals surface area contributed by atoms with E-state index in [1.165, 1.54) is 38.5 Å². The standard InChI is InChI=1S/C22H35N5O3/c1-22(2,3)29-20(28)14-17(11-7-10-16-8-5-4-6-9-16)21-25-19(27-30-21)15-23-18-12-13-24-26-18/h12-13,16-17H,4-11,14-15H2,1-3H3,(H2,23,24,26). The fourth-order valence-electron chi connectivity index (χ4n) is 4.06. The maximum absolute atomic E-state index is 12.5. The number of hydrogen-bond acceptors (Lipinski definition) is 7. The van der Waals surface area contributed by atoms with E-state index in [1.54, 1.807) is 6.20 Å². The second-order valence-electron chi connectivity index (χ2n) is 9.30. The molecule has 2 aromatic heterocycles.